The smallest absolute Gasteiger partial charge is 0.280 e. The minimum atomic E-state index is -4.51. The van der Waals surface area contributed by atoms with E-state index in [0.717, 1.165) is 22.5 Å². The number of aryl methyl sites for hydroxylation is 1. The summed E-state index contributed by atoms with van der Waals surface area (Å²) in [4.78, 5) is 8.39. The minimum Gasteiger partial charge on any atom is -0.280 e. The zero-order valence-electron chi connectivity index (χ0n) is 14.4. The topological polar surface area (TPSA) is 59.4 Å². The second kappa shape index (κ2) is 5.55. The molecule has 1 N–H and O–H groups in total. The van der Waals surface area contributed by atoms with Crippen LogP contribution < -0.4 is 0 Å². The molecule has 8 heteroatoms. The van der Waals surface area contributed by atoms with Crippen LogP contribution in [-0.4, -0.2) is 24.7 Å². The highest BCUT2D eigenvalue weighted by atomic mass is 19.4. The van der Waals surface area contributed by atoms with Crippen molar-refractivity contribution in [2.45, 2.75) is 32.9 Å². The number of benzene rings is 1. The molecule has 0 saturated heterocycles. The fourth-order valence-electron chi connectivity index (χ4n) is 3.11. The second-order valence-electron chi connectivity index (χ2n) is 6.59. The lowest BCUT2D eigenvalue weighted by molar-refractivity contribution is -0.141. The maximum absolute atomic E-state index is 13.1. The van der Waals surface area contributed by atoms with Crippen LogP contribution in [0.2, 0.25) is 0 Å². The van der Waals surface area contributed by atoms with Gasteiger partial charge in [-0.2, -0.15) is 18.3 Å². The Hall–Kier alpha value is -2.90. The fraction of sp³-hybridized carbons (Fsp3) is 0.278. The van der Waals surface area contributed by atoms with Gasteiger partial charge in [-0.25, -0.2) is 9.97 Å². The first kappa shape index (κ1) is 16.6. The molecule has 0 aliphatic rings. The number of aromatic nitrogens is 5. The van der Waals surface area contributed by atoms with Gasteiger partial charge in [0.2, 0.25) is 0 Å². The Kier molecular flexibility index (Phi) is 3.54. The molecule has 4 aromatic rings. The van der Waals surface area contributed by atoms with Crippen molar-refractivity contribution in [3.05, 3.63) is 47.5 Å². The number of hydrogen-bond acceptors (Lipinski definition) is 3. The van der Waals surface area contributed by atoms with Gasteiger partial charge in [-0.1, -0.05) is 13.8 Å². The molecule has 1 aromatic carbocycles. The third-order valence-corrected chi connectivity index (χ3v) is 4.35. The predicted molar refractivity (Wildman–Crippen MR) is 92.3 cm³/mol. The maximum Gasteiger partial charge on any atom is 0.433 e. The van der Waals surface area contributed by atoms with Crippen LogP contribution in [0, 0.1) is 6.92 Å². The molecular weight excluding hydrogens is 343 g/mol. The summed E-state index contributed by atoms with van der Waals surface area (Å²) < 4.78 is 41.1. The SMILES string of the molecule is Cc1cc(-n2c(C(C)C)nc3ccc(C(F)(F)F)nc32)cc2[nH]ncc12. The molecule has 0 amide bonds. The van der Waals surface area contributed by atoms with E-state index < -0.39 is 11.9 Å². The van der Waals surface area contributed by atoms with Crippen LogP contribution in [0.5, 0.6) is 0 Å². The number of nitrogens with zero attached hydrogens (tertiary/aromatic N) is 4. The summed E-state index contributed by atoms with van der Waals surface area (Å²) in [6, 6.07) is 6.10. The summed E-state index contributed by atoms with van der Waals surface area (Å²) in [6.45, 7) is 5.83. The lowest BCUT2D eigenvalue weighted by atomic mass is 10.1. The Morgan fingerprint density at radius 2 is 1.88 bits per heavy atom. The summed E-state index contributed by atoms with van der Waals surface area (Å²) in [5, 5.41) is 7.91. The molecule has 0 aliphatic carbocycles. The van der Waals surface area contributed by atoms with Crippen molar-refractivity contribution < 1.29 is 13.2 Å². The Morgan fingerprint density at radius 1 is 1.12 bits per heavy atom. The molecule has 0 unspecified atom stereocenters. The van der Waals surface area contributed by atoms with Crippen molar-refractivity contribution in [2.24, 2.45) is 0 Å². The first-order valence-electron chi connectivity index (χ1n) is 8.16. The third kappa shape index (κ3) is 2.53. The van der Waals surface area contributed by atoms with Crippen molar-refractivity contribution >= 4 is 22.1 Å². The molecule has 5 nitrogen and oxygen atoms in total. The van der Waals surface area contributed by atoms with E-state index in [2.05, 4.69) is 20.2 Å². The Labute approximate surface area is 146 Å². The highest BCUT2D eigenvalue weighted by Gasteiger charge is 2.33. The van der Waals surface area contributed by atoms with E-state index in [1.54, 1.807) is 10.8 Å². The van der Waals surface area contributed by atoms with Gasteiger partial charge in [0, 0.05) is 11.3 Å². The van der Waals surface area contributed by atoms with Crippen molar-refractivity contribution in [1.29, 1.82) is 0 Å². The molecule has 4 rings (SSSR count). The van der Waals surface area contributed by atoms with Crippen molar-refractivity contribution in [2.75, 3.05) is 0 Å². The molecule has 0 aliphatic heterocycles. The second-order valence-corrected chi connectivity index (χ2v) is 6.59. The molecule has 0 atom stereocenters. The molecule has 0 spiro atoms. The molecule has 134 valence electrons. The molecular formula is C18H16F3N5. The van der Waals surface area contributed by atoms with E-state index in [1.165, 1.54) is 6.07 Å². The number of pyridine rings is 1. The van der Waals surface area contributed by atoms with Crippen molar-refractivity contribution in [3.8, 4) is 5.69 Å². The van der Waals surface area contributed by atoms with E-state index in [4.69, 9.17) is 0 Å². The number of halogens is 3. The lowest BCUT2D eigenvalue weighted by Crippen LogP contribution is -2.09. The summed E-state index contributed by atoms with van der Waals surface area (Å²) in [6.07, 6.45) is -2.78. The predicted octanol–water partition coefficient (Wildman–Crippen LogP) is 4.75. The largest absolute Gasteiger partial charge is 0.433 e. The fourth-order valence-corrected chi connectivity index (χ4v) is 3.11. The van der Waals surface area contributed by atoms with E-state index in [0.29, 0.717) is 17.0 Å². The molecule has 0 fully saturated rings. The summed E-state index contributed by atoms with van der Waals surface area (Å²) in [7, 11) is 0. The Morgan fingerprint density at radius 3 is 2.58 bits per heavy atom. The normalized spacial score (nSPS) is 12.6. The van der Waals surface area contributed by atoms with E-state index in [1.807, 2.05) is 32.9 Å². The van der Waals surface area contributed by atoms with Crippen LogP contribution in [0.3, 0.4) is 0 Å². The van der Waals surface area contributed by atoms with E-state index in [9.17, 15) is 13.2 Å². The average Bonchev–Trinajstić information content (AvgIpc) is 3.17. The molecule has 3 aromatic heterocycles. The van der Waals surface area contributed by atoms with Crippen molar-refractivity contribution in [3.63, 3.8) is 0 Å². The van der Waals surface area contributed by atoms with Crippen LogP contribution in [0.1, 0.15) is 36.8 Å². The number of H-pyrrole nitrogens is 1. The van der Waals surface area contributed by atoms with Crippen LogP contribution in [0.15, 0.2) is 30.5 Å². The van der Waals surface area contributed by atoms with E-state index in [-0.39, 0.29) is 11.6 Å². The Balaban J connectivity index is 2.06. The lowest BCUT2D eigenvalue weighted by Gasteiger charge is -2.13. The average molecular weight is 359 g/mol. The first-order valence-corrected chi connectivity index (χ1v) is 8.16. The monoisotopic (exact) mass is 359 g/mol. The number of alkyl halides is 3. The summed E-state index contributed by atoms with van der Waals surface area (Å²) in [5.41, 5.74) is 2.18. The number of imidazole rings is 1. The quantitative estimate of drug-likeness (QED) is 0.562. The van der Waals surface area contributed by atoms with E-state index >= 15 is 0 Å². The molecule has 0 bridgehead atoms. The minimum absolute atomic E-state index is 0.0105. The maximum atomic E-state index is 13.1. The summed E-state index contributed by atoms with van der Waals surface area (Å²) in [5.74, 6) is 0.668. The van der Waals surface area contributed by atoms with Gasteiger partial charge < -0.3 is 0 Å². The zero-order chi connectivity index (χ0) is 18.6. The molecule has 0 radical (unpaired) electrons. The molecule has 0 saturated carbocycles. The molecule has 26 heavy (non-hydrogen) atoms. The molecule has 3 heterocycles. The van der Waals surface area contributed by atoms with Gasteiger partial charge in [-0.05, 0) is 36.8 Å². The zero-order valence-corrected chi connectivity index (χ0v) is 14.4. The van der Waals surface area contributed by atoms with Crippen LogP contribution in [0.25, 0.3) is 27.8 Å². The van der Waals surface area contributed by atoms with Crippen molar-refractivity contribution in [1.82, 2.24) is 24.7 Å². The van der Waals surface area contributed by atoms with Crippen LogP contribution >= 0.6 is 0 Å². The number of rotatable bonds is 2. The van der Waals surface area contributed by atoms with Crippen LogP contribution in [-0.2, 0) is 6.18 Å². The van der Waals surface area contributed by atoms with Gasteiger partial charge in [0.1, 0.15) is 17.0 Å². The van der Waals surface area contributed by atoms with Gasteiger partial charge in [0.15, 0.2) is 5.65 Å². The van der Waals surface area contributed by atoms with Gasteiger partial charge >= 0.3 is 6.18 Å². The van der Waals surface area contributed by atoms with Gasteiger partial charge in [0.25, 0.3) is 0 Å². The number of hydrogen-bond donors (Lipinski definition) is 1. The third-order valence-electron chi connectivity index (χ3n) is 4.35. The van der Waals surface area contributed by atoms with Gasteiger partial charge in [-0.15, -0.1) is 0 Å². The standard InChI is InChI=1S/C18H16F3N5/c1-9(2)16-23-13-4-5-15(18(19,20)21)24-17(13)26(16)11-6-10(3)12-8-22-25-14(12)7-11/h4-9H,1-3H3,(H,22,25). The van der Waals surface area contributed by atoms with Gasteiger partial charge in [-0.3, -0.25) is 9.67 Å². The Bertz CT molecular complexity index is 1120. The van der Waals surface area contributed by atoms with Crippen LogP contribution in [0.4, 0.5) is 13.2 Å². The number of aromatic amines is 1. The first-order chi connectivity index (χ1) is 12.3. The number of fused-ring (bicyclic) bond motifs is 2. The van der Waals surface area contributed by atoms with Gasteiger partial charge in [0.05, 0.1) is 17.4 Å². The summed E-state index contributed by atoms with van der Waals surface area (Å²) >= 11 is 0. The highest BCUT2D eigenvalue weighted by Crippen LogP contribution is 2.32. The highest BCUT2D eigenvalue weighted by molar-refractivity contribution is 5.85. The number of nitrogens with one attached hydrogen (secondary N) is 1.